The summed E-state index contributed by atoms with van der Waals surface area (Å²) in [6, 6.07) is 12.5. The van der Waals surface area contributed by atoms with Crippen LogP contribution in [0.1, 0.15) is 23.2 Å². The van der Waals surface area contributed by atoms with Gasteiger partial charge in [0, 0.05) is 17.6 Å². The second-order valence-corrected chi connectivity index (χ2v) is 8.24. The number of sulfonamides is 1. The van der Waals surface area contributed by atoms with Crippen LogP contribution in [0.15, 0.2) is 53.4 Å². The summed E-state index contributed by atoms with van der Waals surface area (Å²) in [6.45, 7) is 1.63. The van der Waals surface area contributed by atoms with E-state index in [2.05, 4.69) is 15.4 Å². The lowest BCUT2D eigenvalue weighted by Gasteiger charge is -2.24. The molecule has 1 atom stereocenters. The monoisotopic (exact) mass is 393 g/mol. The molecule has 138 valence electrons. The normalized spacial score (nSPS) is 17.5. The van der Waals surface area contributed by atoms with E-state index in [1.54, 1.807) is 24.3 Å². The van der Waals surface area contributed by atoms with Gasteiger partial charge in [0.2, 0.25) is 0 Å². The minimum absolute atomic E-state index is 0.00816. The molecular weight excluding hydrogens is 374 g/mol. The Balaban J connectivity index is 1.85. The largest absolute Gasteiger partial charge is 0.348 e. The van der Waals surface area contributed by atoms with Gasteiger partial charge < -0.3 is 10.6 Å². The Morgan fingerprint density at radius 1 is 1.15 bits per heavy atom. The van der Waals surface area contributed by atoms with Crippen molar-refractivity contribution in [1.29, 1.82) is 0 Å². The maximum Gasteiger partial charge on any atom is 0.261 e. The number of hydrogen-bond donors (Lipinski definition) is 3. The van der Waals surface area contributed by atoms with Gasteiger partial charge >= 0.3 is 0 Å². The van der Waals surface area contributed by atoms with Crippen LogP contribution in [0.3, 0.4) is 0 Å². The third-order valence-corrected chi connectivity index (χ3v) is 5.77. The van der Waals surface area contributed by atoms with Crippen molar-refractivity contribution >= 4 is 33.2 Å². The predicted molar refractivity (Wildman–Crippen MR) is 102 cm³/mol. The molecule has 0 unspecified atom stereocenters. The number of hydrogen-bond acceptors (Lipinski definition) is 4. The summed E-state index contributed by atoms with van der Waals surface area (Å²) in [6.07, 6.45) is 1.86. The molecule has 1 fully saturated rings. The number of benzene rings is 2. The lowest BCUT2D eigenvalue weighted by atomic mass is 10.1. The fraction of sp³-hybridized carbons (Fsp3) is 0.278. The first kappa shape index (κ1) is 18.7. The van der Waals surface area contributed by atoms with Crippen LogP contribution in [0.5, 0.6) is 0 Å². The van der Waals surface area contributed by atoms with E-state index in [-0.39, 0.29) is 28.1 Å². The topological polar surface area (TPSA) is 87.3 Å². The van der Waals surface area contributed by atoms with Gasteiger partial charge in [-0.2, -0.15) is 0 Å². The van der Waals surface area contributed by atoms with Crippen LogP contribution in [0.4, 0.5) is 5.69 Å². The molecule has 2 aromatic rings. The number of carbonyl (C=O) groups is 1. The number of rotatable bonds is 5. The average Bonchev–Trinajstić information content (AvgIpc) is 2.64. The summed E-state index contributed by atoms with van der Waals surface area (Å²) in [5.41, 5.74) is 0.391. The van der Waals surface area contributed by atoms with Crippen molar-refractivity contribution < 1.29 is 13.2 Å². The summed E-state index contributed by atoms with van der Waals surface area (Å²) in [4.78, 5) is 12.8. The highest BCUT2D eigenvalue weighted by Crippen LogP contribution is 2.24. The quantitative estimate of drug-likeness (QED) is 0.728. The molecule has 0 spiro atoms. The van der Waals surface area contributed by atoms with E-state index in [0.717, 1.165) is 19.4 Å². The van der Waals surface area contributed by atoms with Crippen molar-refractivity contribution in [2.24, 2.45) is 0 Å². The molecule has 8 heteroatoms. The van der Waals surface area contributed by atoms with E-state index in [1.807, 2.05) is 0 Å². The molecule has 1 aliphatic heterocycles. The number of carbonyl (C=O) groups excluding carboxylic acids is 1. The number of piperidine rings is 1. The van der Waals surface area contributed by atoms with Gasteiger partial charge in [0.05, 0.1) is 16.1 Å². The van der Waals surface area contributed by atoms with Crippen LogP contribution >= 0.6 is 11.6 Å². The minimum atomic E-state index is -3.80. The molecular formula is C18H20ClN3O3S. The molecule has 0 saturated carbocycles. The Morgan fingerprint density at radius 2 is 1.92 bits per heavy atom. The highest BCUT2D eigenvalue weighted by Gasteiger charge is 2.21. The molecule has 3 rings (SSSR count). The molecule has 0 bridgehead atoms. The molecule has 0 aromatic heterocycles. The molecule has 6 nitrogen and oxygen atoms in total. The first-order chi connectivity index (χ1) is 12.5. The fourth-order valence-corrected chi connectivity index (χ4v) is 4.11. The Hall–Kier alpha value is -2.09. The number of halogens is 1. The highest BCUT2D eigenvalue weighted by atomic mass is 35.5. The van der Waals surface area contributed by atoms with Gasteiger partial charge in [0.1, 0.15) is 0 Å². The third-order valence-electron chi connectivity index (χ3n) is 4.16. The smallest absolute Gasteiger partial charge is 0.261 e. The zero-order valence-corrected chi connectivity index (χ0v) is 15.6. The minimum Gasteiger partial charge on any atom is -0.348 e. The molecule has 1 amide bonds. The van der Waals surface area contributed by atoms with Crippen molar-refractivity contribution in [2.75, 3.05) is 17.8 Å². The highest BCUT2D eigenvalue weighted by molar-refractivity contribution is 7.92. The van der Waals surface area contributed by atoms with Crippen molar-refractivity contribution in [2.45, 2.75) is 23.8 Å². The molecule has 0 radical (unpaired) electrons. The van der Waals surface area contributed by atoms with Gasteiger partial charge in [-0.25, -0.2) is 8.42 Å². The van der Waals surface area contributed by atoms with Crippen molar-refractivity contribution in [3.63, 3.8) is 0 Å². The summed E-state index contributed by atoms with van der Waals surface area (Å²) in [5, 5.41) is 6.52. The maximum atomic E-state index is 12.7. The van der Waals surface area contributed by atoms with Gasteiger partial charge in [-0.1, -0.05) is 29.8 Å². The Bertz CT molecular complexity index is 882. The summed E-state index contributed by atoms with van der Waals surface area (Å²) < 4.78 is 27.6. The van der Waals surface area contributed by atoms with E-state index >= 15 is 0 Å². The van der Waals surface area contributed by atoms with Crippen molar-refractivity contribution in [3.8, 4) is 0 Å². The van der Waals surface area contributed by atoms with Crippen LogP contribution in [-0.4, -0.2) is 33.5 Å². The molecule has 1 heterocycles. The van der Waals surface area contributed by atoms with Gasteiger partial charge in [0.25, 0.3) is 15.9 Å². The zero-order chi connectivity index (χ0) is 18.6. The van der Waals surface area contributed by atoms with E-state index in [1.165, 1.54) is 24.3 Å². The number of anilines is 1. The standard InChI is InChI=1S/C18H20ClN3O3S/c19-13-8-9-17(22-26(24,25)15-6-2-1-3-7-15)16(11-13)18(23)21-14-5-4-10-20-12-14/h1-3,6-9,11,14,20,22H,4-5,10,12H2,(H,21,23)/t14-/m0/s1. The summed E-state index contributed by atoms with van der Waals surface area (Å²) in [5.74, 6) is -0.355. The molecule has 1 saturated heterocycles. The lowest BCUT2D eigenvalue weighted by Crippen LogP contribution is -2.45. The van der Waals surface area contributed by atoms with Crippen LogP contribution in [-0.2, 0) is 10.0 Å². The summed E-state index contributed by atoms with van der Waals surface area (Å²) in [7, 11) is -3.80. The van der Waals surface area contributed by atoms with Crippen LogP contribution < -0.4 is 15.4 Å². The first-order valence-corrected chi connectivity index (χ1v) is 10.2. The van der Waals surface area contributed by atoms with Gasteiger partial charge in [-0.3, -0.25) is 9.52 Å². The third kappa shape index (κ3) is 4.55. The van der Waals surface area contributed by atoms with Gasteiger partial charge in [-0.15, -0.1) is 0 Å². The molecule has 1 aliphatic rings. The average molecular weight is 394 g/mol. The molecule has 3 N–H and O–H groups in total. The van der Waals surface area contributed by atoms with Crippen molar-refractivity contribution in [1.82, 2.24) is 10.6 Å². The Labute approximate surface area is 158 Å². The first-order valence-electron chi connectivity index (χ1n) is 8.35. The zero-order valence-electron chi connectivity index (χ0n) is 14.0. The van der Waals surface area contributed by atoms with Gasteiger partial charge in [0.15, 0.2) is 0 Å². The van der Waals surface area contributed by atoms with E-state index in [9.17, 15) is 13.2 Å². The number of nitrogens with one attached hydrogen (secondary N) is 3. The van der Waals surface area contributed by atoms with E-state index in [4.69, 9.17) is 11.6 Å². The van der Waals surface area contributed by atoms with Crippen LogP contribution in [0.25, 0.3) is 0 Å². The summed E-state index contributed by atoms with van der Waals surface area (Å²) >= 11 is 6.02. The van der Waals surface area contributed by atoms with Crippen molar-refractivity contribution in [3.05, 3.63) is 59.1 Å². The van der Waals surface area contributed by atoms with Crippen LogP contribution in [0, 0.1) is 0 Å². The number of amides is 1. The van der Waals surface area contributed by atoms with E-state index in [0.29, 0.717) is 11.6 Å². The van der Waals surface area contributed by atoms with Crippen LogP contribution in [0.2, 0.25) is 5.02 Å². The SMILES string of the molecule is O=C(N[C@H]1CCCNC1)c1cc(Cl)ccc1NS(=O)(=O)c1ccccc1. The molecule has 26 heavy (non-hydrogen) atoms. The molecule has 2 aromatic carbocycles. The Kier molecular flexibility index (Phi) is 5.80. The fourth-order valence-electron chi connectivity index (χ4n) is 2.83. The Morgan fingerprint density at radius 3 is 2.62 bits per heavy atom. The maximum absolute atomic E-state index is 12.7. The van der Waals surface area contributed by atoms with Gasteiger partial charge in [-0.05, 0) is 49.7 Å². The molecule has 0 aliphatic carbocycles. The van der Waals surface area contributed by atoms with E-state index < -0.39 is 10.0 Å². The second kappa shape index (κ2) is 8.07. The second-order valence-electron chi connectivity index (χ2n) is 6.13. The predicted octanol–water partition coefficient (Wildman–Crippen LogP) is 2.62. The lowest BCUT2D eigenvalue weighted by molar-refractivity contribution is 0.0931.